The summed E-state index contributed by atoms with van der Waals surface area (Å²) in [5.41, 5.74) is -0.843. The van der Waals surface area contributed by atoms with E-state index in [1.54, 1.807) is 0 Å². The number of sulfonamides is 1. The van der Waals surface area contributed by atoms with Crippen LogP contribution in [0, 0.1) is 15.9 Å². The number of nitrogens with one attached hydrogen (secondary N) is 1. The van der Waals surface area contributed by atoms with E-state index in [1.165, 1.54) is 0 Å². The van der Waals surface area contributed by atoms with Crippen LogP contribution in [-0.4, -0.2) is 31.0 Å². The summed E-state index contributed by atoms with van der Waals surface area (Å²) in [6, 6.07) is 2.09. The SMILES string of the molecule is O=C(O)CCNS(=O)(=O)c1ccc([N+](=O)[O-])c(F)c1. The van der Waals surface area contributed by atoms with Gasteiger partial charge < -0.3 is 5.11 Å². The average Bonchev–Trinajstić information content (AvgIpc) is 2.27. The van der Waals surface area contributed by atoms with Crippen molar-refractivity contribution in [1.29, 1.82) is 0 Å². The molecule has 104 valence electrons. The Balaban J connectivity index is 2.93. The van der Waals surface area contributed by atoms with Gasteiger partial charge >= 0.3 is 11.7 Å². The van der Waals surface area contributed by atoms with E-state index in [9.17, 15) is 27.7 Å². The van der Waals surface area contributed by atoms with Crippen LogP contribution in [0.2, 0.25) is 0 Å². The molecule has 0 aliphatic carbocycles. The fourth-order valence-corrected chi connectivity index (χ4v) is 2.22. The lowest BCUT2D eigenvalue weighted by Gasteiger charge is -2.05. The molecule has 0 aliphatic heterocycles. The molecule has 1 aromatic carbocycles. The first-order valence-corrected chi connectivity index (χ1v) is 6.38. The Morgan fingerprint density at radius 2 is 2.11 bits per heavy atom. The minimum absolute atomic E-state index is 0.365. The molecule has 0 aromatic heterocycles. The zero-order valence-electron chi connectivity index (χ0n) is 9.37. The molecule has 0 bridgehead atoms. The topological polar surface area (TPSA) is 127 Å². The fraction of sp³-hybridized carbons (Fsp3) is 0.222. The molecule has 0 heterocycles. The maximum atomic E-state index is 13.3. The quantitative estimate of drug-likeness (QED) is 0.580. The van der Waals surface area contributed by atoms with Gasteiger partial charge in [0.1, 0.15) is 0 Å². The average molecular weight is 292 g/mol. The maximum Gasteiger partial charge on any atom is 0.304 e. The predicted octanol–water partition coefficient (Wildman–Crippen LogP) is 0.487. The van der Waals surface area contributed by atoms with Crippen molar-refractivity contribution < 1.29 is 27.6 Å². The van der Waals surface area contributed by atoms with Crippen LogP contribution in [0.5, 0.6) is 0 Å². The van der Waals surface area contributed by atoms with Crippen LogP contribution in [0.15, 0.2) is 23.1 Å². The number of hydrogen-bond acceptors (Lipinski definition) is 5. The van der Waals surface area contributed by atoms with Crippen molar-refractivity contribution in [2.24, 2.45) is 0 Å². The van der Waals surface area contributed by atoms with E-state index in [1.807, 2.05) is 4.72 Å². The molecule has 0 spiro atoms. The number of nitrogens with zero attached hydrogens (tertiary/aromatic N) is 1. The van der Waals surface area contributed by atoms with Crippen molar-refractivity contribution in [3.63, 3.8) is 0 Å². The number of halogens is 1. The minimum atomic E-state index is -4.10. The van der Waals surface area contributed by atoms with Gasteiger partial charge in [0.25, 0.3) is 0 Å². The zero-order chi connectivity index (χ0) is 14.6. The highest BCUT2D eigenvalue weighted by molar-refractivity contribution is 7.89. The highest BCUT2D eigenvalue weighted by Crippen LogP contribution is 2.20. The Morgan fingerprint density at radius 1 is 1.47 bits per heavy atom. The summed E-state index contributed by atoms with van der Waals surface area (Å²) in [6.45, 7) is -0.365. The van der Waals surface area contributed by atoms with E-state index in [0.29, 0.717) is 6.07 Å². The van der Waals surface area contributed by atoms with E-state index in [2.05, 4.69) is 0 Å². The molecule has 0 amide bonds. The molecule has 0 saturated carbocycles. The number of hydrogen-bond donors (Lipinski definition) is 2. The van der Waals surface area contributed by atoms with Gasteiger partial charge in [0, 0.05) is 18.7 Å². The molecule has 0 unspecified atom stereocenters. The van der Waals surface area contributed by atoms with Crippen molar-refractivity contribution in [1.82, 2.24) is 4.72 Å². The van der Waals surface area contributed by atoms with Gasteiger partial charge in [-0.15, -0.1) is 0 Å². The van der Waals surface area contributed by atoms with Gasteiger partial charge in [0.2, 0.25) is 15.8 Å². The first-order valence-electron chi connectivity index (χ1n) is 4.89. The van der Waals surface area contributed by atoms with Crippen molar-refractivity contribution in [3.8, 4) is 0 Å². The first-order chi connectivity index (χ1) is 8.74. The van der Waals surface area contributed by atoms with Crippen LogP contribution in [-0.2, 0) is 14.8 Å². The van der Waals surface area contributed by atoms with Crippen LogP contribution < -0.4 is 4.72 Å². The molecule has 0 saturated heterocycles. The fourth-order valence-electron chi connectivity index (χ4n) is 1.18. The molecule has 19 heavy (non-hydrogen) atoms. The van der Waals surface area contributed by atoms with Gasteiger partial charge in [-0.25, -0.2) is 13.1 Å². The molecule has 0 fully saturated rings. The lowest BCUT2D eigenvalue weighted by Crippen LogP contribution is -2.26. The van der Waals surface area contributed by atoms with E-state index in [0.717, 1.165) is 12.1 Å². The standard InChI is InChI=1S/C9H9FN2O6S/c10-7-5-6(1-2-8(7)12(15)16)19(17,18)11-4-3-9(13)14/h1-2,5,11H,3-4H2,(H,13,14). The molecule has 1 aromatic rings. The normalized spacial score (nSPS) is 11.2. The van der Waals surface area contributed by atoms with Crippen molar-refractivity contribution >= 4 is 21.7 Å². The van der Waals surface area contributed by atoms with Gasteiger partial charge in [-0.05, 0) is 6.07 Å². The molecular weight excluding hydrogens is 283 g/mol. The molecule has 1 rings (SSSR count). The molecule has 0 atom stereocenters. The van der Waals surface area contributed by atoms with Crippen molar-refractivity contribution in [3.05, 3.63) is 34.1 Å². The number of nitro benzene ring substituents is 1. The number of carboxylic acid groups (broad SMARTS) is 1. The third kappa shape index (κ3) is 3.96. The number of carbonyl (C=O) groups is 1. The molecule has 2 N–H and O–H groups in total. The minimum Gasteiger partial charge on any atom is -0.481 e. The second-order valence-corrected chi connectivity index (χ2v) is 5.18. The highest BCUT2D eigenvalue weighted by Gasteiger charge is 2.20. The third-order valence-electron chi connectivity index (χ3n) is 2.06. The summed E-state index contributed by atoms with van der Waals surface area (Å²) in [6.07, 6.45) is -0.436. The predicted molar refractivity (Wildman–Crippen MR) is 60.5 cm³/mol. The largest absolute Gasteiger partial charge is 0.481 e. The Bertz CT molecular complexity index is 615. The Morgan fingerprint density at radius 3 is 2.58 bits per heavy atom. The Hall–Kier alpha value is -2.07. The molecular formula is C9H9FN2O6S. The monoisotopic (exact) mass is 292 g/mol. The van der Waals surface area contributed by atoms with Crippen molar-refractivity contribution in [2.45, 2.75) is 11.3 Å². The van der Waals surface area contributed by atoms with Gasteiger partial charge in [-0.3, -0.25) is 14.9 Å². The molecule has 8 nitrogen and oxygen atoms in total. The number of benzene rings is 1. The van der Waals surface area contributed by atoms with E-state index in [4.69, 9.17) is 5.11 Å². The smallest absolute Gasteiger partial charge is 0.304 e. The second kappa shape index (κ2) is 5.71. The summed E-state index contributed by atoms with van der Waals surface area (Å²) in [7, 11) is -4.10. The number of nitro groups is 1. The highest BCUT2D eigenvalue weighted by atomic mass is 32.2. The van der Waals surface area contributed by atoms with E-state index in [-0.39, 0.29) is 6.54 Å². The van der Waals surface area contributed by atoms with Crippen LogP contribution in [0.4, 0.5) is 10.1 Å². The summed E-state index contributed by atoms with van der Waals surface area (Å²) in [5, 5.41) is 18.7. The van der Waals surface area contributed by atoms with Crippen molar-refractivity contribution in [2.75, 3.05) is 6.54 Å². The first kappa shape index (κ1) is 15.0. The maximum absolute atomic E-state index is 13.3. The number of rotatable bonds is 6. The molecule has 0 radical (unpaired) electrons. The summed E-state index contributed by atoms with van der Waals surface area (Å²) < 4.78 is 38.4. The summed E-state index contributed by atoms with van der Waals surface area (Å²) >= 11 is 0. The molecule has 10 heteroatoms. The van der Waals surface area contributed by atoms with Gasteiger partial charge in [-0.2, -0.15) is 4.39 Å². The van der Waals surface area contributed by atoms with E-state index >= 15 is 0 Å². The Kier molecular flexibility index (Phi) is 4.51. The Labute approximate surface area is 107 Å². The lowest BCUT2D eigenvalue weighted by atomic mass is 10.3. The van der Waals surface area contributed by atoms with Gasteiger partial charge in [-0.1, -0.05) is 0 Å². The summed E-state index contributed by atoms with van der Waals surface area (Å²) in [5.74, 6) is -2.48. The lowest BCUT2D eigenvalue weighted by molar-refractivity contribution is -0.387. The third-order valence-corrected chi connectivity index (χ3v) is 3.52. The second-order valence-electron chi connectivity index (χ2n) is 3.41. The van der Waals surface area contributed by atoms with Crippen LogP contribution in [0.25, 0.3) is 0 Å². The van der Waals surface area contributed by atoms with Crippen LogP contribution in [0.1, 0.15) is 6.42 Å². The van der Waals surface area contributed by atoms with Crippen LogP contribution >= 0.6 is 0 Å². The summed E-state index contributed by atoms with van der Waals surface area (Å²) in [4.78, 5) is 19.1. The number of aliphatic carboxylic acids is 1. The van der Waals surface area contributed by atoms with Gasteiger partial charge in [0.15, 0.2) is 0 Å². The molecule has 0 aliphatic rings. The van der Waals surface area contributed by atoms with Crippen LogP contribution in [0.3, 0.4) is 0 Å². The van der Waals surface area contributed by atoms with E-state index < -0.39 is 43.7 Å². The van der Waals surface area contributed by atoms with Gasteiger partial charge in [0.05, 0.1) is 16.2 Å². The zero-order valence-corrected chi connectivity index (χ0v) is 10.2. The number of carboxylic acids is 1.